The Kier molecular flexibility index (Phi) is 5.59. The van der Waals surface area contributed by atoms with Crippen LogP contribution in [-0.4, -0.2) is 38.0 Å². The van der Waals surface area contributed by atoms with E-state index in [1.807, 2.05) is 18.2 Å². The van der Waals surface area contributed by atoms with Crippen LogP contribution in [0.15, 0.2) is 24.3 Å². The molecule has 0 heterocycles. The smallest absolute Gasteiger partial charge is 0.122 e. The van der Waals surface area contributed by atoms with Gasteiger partial charge in [-0.1, -0.05) is 32.0 Å². The fourth-order valence-corrected chi connectivity index (χ4v) is 1.93. The third kappa shape index (κ3) is 3.98. The van der Waals surface area contributed by atoms with E-state index >= 15 is 0 Å². The molecule has 0 aliphatic heterocycles. The molecule has 1 aromatic carbocycles. The lowest BCUT2D eigenvalue weighted by molar-refractivity contribution is 0.260. The number of ether oxygens (including phenoxy) is 1. The molecule has 1 rings (SSSR count). The molecule has 4 heteroatoms. The average Bonchev–Trinajstić information content (AvgIpc) is 2.38. The van der Waals surface area contributed by atoms with Gasteiger partial charge in [0, 0.05) is 30.1 Å². The molecule has 1 aromatic rings. The van der Waals surface area contributed by atoms with Crippen LogP contribution in [0.5, 0.6) is 5.75 Å². The van der Waals surface area contributed by atoms with Gasteiger partial charge >= 0.3 is 0 Å². The molecule has 0 amide bonds. The summed E-state index contributed by atoms with van der Waals surface area (Å²) in [5.41, 5.74) is 6.77. The molecule has 4 N–H and O–H groups in total. The van der Waals surface area contributed by atoms with Crippen LogP contribution >= 0.6 is 0 Å². The number of nitrogens with two attached hydrogens (primary N) is 1. The highest BCUT2D eigenvalue weighted by Crippen LogP contribution is 2.30. The molecule has 0 aliphatic rings. The van der Waals surface area contributed by atoms with Crippen molar-refractivity contribution < 1.29 is 9.84 Å². The van der Waals surface area contributed by atoms with Gasteiger partial charge in [-0.05, 0) is 6.07 Å². The number of para-hydroxylation sites is 1. The van der Waals surface area contributed by atoms with Crippen molar-refractivity contribution in [2.24, 2.45) is 5.73 Å². The van der Waals surface area contributed by atoms with Crippen molar-refractivity contribution in [2.75, 3.05) is 26.8 Å². The van der Waals surface area contributed by atoms with Crippen molar-refractivity contribution in [1.29, 1.82) is 0 Å². The molecule has 0 saturated heterocycles. The van der Waals surface area contributed by atoms with Crippen molar-refractivity contribution in [3.8, 4) is 5.75 Å². The maximum Gasteiger partial charge on any atom is 0.122 e. The molecule has 1 atom stereocenters. The van der Waals surface area contributed by atoms with Gasteiger partial charge in [-0.3, -0.25) is 0 Å². The summed E-state index contributed by atoms with van der Waals surface area (Å²) >= 11 is 0. The van der Waals surface area contributed by atoms with Gasteiger partial charge in [0.25, 0.3) is 0 Å². The third-order valence-electron chi connectivity index (χ3n) is 3.04. The zero-order valence-corrected chi connectivity index (χ0v) is 11.4. The number of methoxy groups -OCH3 is 1. The number of hydrogen-bond acceptors (Lipinski definition) is 4. The van der Waals surface area contributed by atoms with Crippen LogP contribution in [0.3, 0.4) is 0 Å². The Balaban J connectivity index is 2.67. The van der Waals surface area contributed by atoms with Crippen molar-refractivity contribution in [2.45, 2.75) is 25.3 Å². The summed E-state index contributed by atoms with van der Waals surface area (Å²) in [6.45, 7) is 5.70. The molecule has 0 radical (unpaired) electrons. The molecular weight excluding hydrogens is 228 g/mol. The minimum Gasteiger partial charge on any atom is -0.496 e. The van der Waals surface area contributed by atoms with E-state index in [4.69, 9.17) is 15.6 Å². The first kappa shape index (κ1) is 15.0. The van der Waals surface area contributed by atoms with E-state index in [2.05, 4.69) is 25.2 Å². The Morgan fingerprint density at radius 2 is 2.06 bits per heavy atom. The Morgan fingerprint density at radius 1 is 1.39 bits per heavy atom. The summed E-state index contributed by atoms with van der Waals surface area (Å²) in [4.78, 5) is 0. The molecule has 0 aliphatic carbocycles. The maximum absolute atomic E-state index is 8.88. The monoisotopic (exact) mass is 252 g/mol. The molecule has 0 saturated carbocycles. The second kappa shape index (κ2) is 6.73. The summed E-state index contributed by atoms with van der Waals surface area (Å²) in [7, 11) is 1.68. The lowest BCUT2D eigenvalue weighted by Gasteiger charge is -2.28. The minimum atomic E-state index is -0.210. The van der Waals surface area contributed by atoms with Crippen LogP contribution in [0.1, 0.15) is 19.4 Å². The van der Waals surface area contributed by atoms with Gasteiger partial charge in [0.1, 0.15) is 5.75 Å². The quantitative estimate of drug-likeness (QED) is 0.674. The average molecular weight is 252 g/mol. The number of rotatable bonds is 7. The summed E-state index contributed by atoms with van der Waals surface area (Å²) in [5.74, 6) is 0.899. The van der Waals surface area contributed by atoms with E-state index in [0.29, 0.717) is 6.54 Å². The van der Waals surface area contributed by atoms with Crippen molar-refractivity contribution in [3.05, 3.63) is 29.8 Å². The number of benzene rings is 1. The van der Waals surface area contributed by atoms with E-state index in [-0.39, 0.29) is 18.1 Å². The first-order chi connectivity index (χ1) is 8.51. The highest BCUT2D eigenvalue weighted by molar-refractivity contribution is 5.39. The molecule has 18 heavy (non-hydrogen) atoms. The SMILES string of the molecule is COc1ccccc1C(C)(C)CNCC(N)CO. The van der Waals surface area contributed by atoms with Gasteiger partial charge in [-0.15, -0.1) is 0 Å². The number of aliphatic hydroxyl groups is 1. The zero-order valence-electron chi connectivity index (χ0n) is 11.4. The second-order valence-corrected chi connectivity index (χ2v) is 5.16. The highest BCUT2D eigenvalue weighted by Gasteiger charge is 2.23. The summed E-state index contributed by atoms with van der Waals surface area (Å²) < 4.78 is 5.39. The van der Waals surface area contributed by atoms with Gasteiger partial charge in [0.2, 0.25) is 0 Å². The molecule has 0 spiro atoms. The standard InChI is InChI=1S/C14H24N2O2/c1-14(2,10-16-8-11(15)9-17)12-6-4-5-7-13(12)18-3/h4-7,11,16-17H,8-10,15H2,1-3H3. The second-order valence-electron chi connectivity index (χ2n) is 5.16. The fraction of sp³-hybridized carbons (Fsp3) is 0.571. The molecule has 0 bridgehead atoms. The van der Waals surface area contributed by atoms with Gasteiger partial charge in [-0.25, -0.2) is 0 Å². The Morgan fingerprint density at radius 3 is 2.67 bits per heavy atom. The summed E-state index contributed by atoms with van der Waals surface area (Å²) in [6.07, 6.45) is 0. The van der Waals surface area contributed by atoms with E-state index in [1.54, 1.807) is 7.11 Å². The molecule has 1 unspecified atom stereocenters. The minimum absolute atomic E-state index is 0.00207. The van der Waals surface area contributed by atoms with Crippen LogP contribution in [0.2, 0.25) is 0 Å². The van der Waals surface area contributed by atoms with Gasteiger partial charge in [0.15, 0.2) is 0 Å². The Bertz CT molecular complexity index is 367. The predicted molar refractivity (Wildman–Crippen MR) is 74.0 cm³/mol. The maximum atomic E-state index is 8.88. The topological polar surface area (TPSA) is 67.5 Å². The largest absolute Gasteiger partial charge is 0.496 e. The molecule has 0 aromatic heterocycles. The number of nitrogens with one attached hydrogen (secondary N) is 1. The third-order valence-corrected chi connectivity index (χ3v) is 3.04. The summed E-state index contributed by atoms with van der Waals surface area (Å²) in [6, 6.07) is 7.81. The normalized spacial score (nSPS) is 13.4. The van der Waals surface area contributed by atoms with Crippen molar-refractivity contribution in [1.82, 2.24) is 5.32 Å². The van der Waals surface area contributed by atoms with E-state index < -0.39 is 0 Å². The number of hydrogen-bond donors (Lipinski definition) is 3. The van der Waals surface area contributed by atoms with Crippen LogP contribution in [0.25, 0.3) is 0 Å². The van der Waals surface area contributed by atoms with Crippen LogP contribution in [0.4, 0.5) is 0 Å². The van der Waals surface area contributed by atoms with Gasteiger partial charge in [0.05, 0.1) is 13.7 Å². The predicted octanol–water partition coefficient (Wildman–Crippen LogP) is 0.882. The highest BCUT2D eigenvalue weighted by atomic mass is 16.5. The first-order valence-corrected chi connectivity index (χ1v) is 6.22. The fourth-order valence-electron chi connectivity index (χ4n) is 1.93. The van der Waals surface area contributed by atoms with E-state index in [1.165, 1.54) is 0 Å². The van der Waals surface area contributed by atoms with Crippen LogP contribution < -0.4 is 15.8 Å². The van der Waals surface area contributed by atoms with Gasteiger partial charge in [-0.2, -0.15) is 0 Å². The zero-order chi connectivity index (χ0) is 13.6. The van der Waals surface area contributed by atoms with Crippen LogP contribution in [0, 0.1) is 0 Å². The van der Waals surface area contributed by atoms with Crippen molar-refractivity contribution in [3.63, 3.8) is 0 Å². The Hall–Kier alpha value is -1.10. The summed E-state index contributed by atoms with van der Waals surface area (Å²) in [5, 5.41) is 12.2. The Labute approximate surface area is 109 Å². The number of aliphatic hydroxyl groups excluding tert-OH is 1. The molecule has 4 nitrogen and oxygen atoms in total. The first-order valence-electron chi connectivity index (χ1n) is 6.22. The molecule has 102 valence electrons. The van der Waals surface area contributed by atoms with Gasteiger partial charge < -0.3 is 20.9 Å². The van der Waals surface area contributed by atoms with Crippen LogP contribution in [-0.2, 0) is 5.41 Å². The lowest BCUT2D eigenvalue weighted by atomic mass is 9.84. The van der Waals surface area contributed by atoms with E-state index in [9.17, 15) is 0 Å². The van der Waals surface area contributed by atoms with Crippen molar-refractivity contribution >= 4 is 0 Å². The molecule has 0 fully saturated rings. The van der Waals surface area contributed by atoms with E-state index in [0.717, 1.165) is 17.9 Å². The lowest BCUT2D eigenvalue weighted by Crippen LogP contribution is -2.41. The molecular formula is C14H24N2O2.